The minimum Gasteiger partial charge on any atom is -0.496 e. The Morgan fingerprint density at radius 2 is 1.63 bits per heavy atom. The van der Waals surface area contributed by atoms with Crippen molar-refractivity contribution < 1.29 is 24.1 Å². The number of ether oxygens (including phenoxy) is 3. The Balaban J connectivity index is 1.95. The molecule has 0 aliphatic carbocycles. The first-order valence-corrected chi connectivity index (χ1v) is 8.75. The number of rotatable bonds is 8. The van der Waals surface area contributed by atoms with Crippen LogP contribution in [0, 0.1) is 22.0 Å². The van der Waals surface area contributed by atoms with Gasteiger partial charge in [0.1, 0.15) is 11.9 Å². The van der Waals surface area contributed by atoms with Crippen molar-refractivity contribution in [3.63, 3.8) is 0 Å². The van der Waals surface area contributed by atoms with Crippen molar-refractivity contribution in [3.8, 4) is 5.75 Å². The van der Waals surface area contributed by atoms with Crippen molar-refractivity contribution in [1.29, 1.82) is 0 Å². The lowest BCUT2D eigenvalue weighted by Gasteiger charge is -2.31. The third-order valence-corrected chi connectivity index (χ3v) is 4.98. The molecular weight excluding hydrogens is 350 g/mol. The SMILES string of the molecule is COc1ccccc1[C@@H](OC)[C@@H]1COC[C@H]1[C@H](O[N+](=O)[O-])c1ccccc1. The van der Waals surface area contributed by atoms with Crippen molar-refractivity contribution in [2.45, 2.75) is 12.2 Å². The molecule has 0 saturated carbocycles. The molecule has 0 N–H and O–H groups in total. The highest BCUT2D eigenvalue weighted by molar-refractivity contribution is 5.36. The molecule has 144 valence electrons. The molecule has 27 heavy (non-hydrogen) atoms. The fourth-order valence-corrected chi connectivity index (χ4v) is 3.77. The molecule has 0 unspecified atom stereocenters. The normalized spacial score (nSPS) is 21.4. The van der Waals surface area contributed by atoms with Crippen LogP contribution in [0.4, 0.5) is 0 Å². The molecule has 0 aromatic heterocycles. The van der Waals surface area contributed by atoms with Crippen LogP contribution in [0.1, 0.15) is 23.3 Å². The van der Waals surface area contributed by atoms with E-state index in [0.717, 1.165) is 11.1 Å². The van der Waals surface area contributed by atoms with Crippen LogP contribution < -0.4 is 4.74 Å². The zero-order valence-electron chi connectivity index (χ0n) is 15.3. The molecule has 0 spiro atoms. The van der Waals surface area contributed by atoms with Crippen LogP contribution in [0.15, 0.2) is 54.6 Å². The third kappa shape index (κ3) is 4.20. The van der Waals surface area contributed by atoms with E-state index in [4.69, 9.17) is 19.0 Å². The Hall–Kier alpha value is -2.64. The van der Waals surface area contributed by atoms with E-state index in [0.29, 0.717) is 19.0 Å². The van der Waals surface area contributed by atoms with E-state index in [1.54, 1.807) is 14.2 Å². The van der Waals surface area contributed by atoms with Gasteiger partial charge < -0.3 is 19.0 Å². The molecule has 0 bridgehead atoms. The molecule has 3 rings (SSSR count). The molecule has 0 radical (unpaired) electrons. The van der Waals surface area contributed by atoms with Crippen LogP contribution in [0.5, 0.6) is 5.75 Å². The van der Waals surface area contributed by atoms with Crippen molar-refractivity contribution in [1.82, 2.24) is 0 Å². The quantitative estimate of drug-likeness (QED) is 0.520. The summed E-state index contributed by atoms with van der Waals surface area (Å²) in [7, 11) is 3.23. The Bertz CT molecular complexity index is 753. The van der Waals surface area contributed by atoms with Gasteiger partial charge in [-0.25, -0.2) is 0 Å². The Morgan fingerprint density at radius 1 is 1.00 bits per heavy atom. The maximum atomic E-state index is 11.1. The molecule has 1 saturated heterocycles. The summed E-state index contributed by atoms with van der Waals surface area (Å²) >= 11 is 0. The smallest absolute Gasteiger partial charge is 0.295 e. The van der Waals surface area contributed by atoms with Gasteiger partial charge in [-0.2, -0.15) is 0 Å². The minimum atomic E-state index is -0.738. The van der Waals surface area contributed by atoms with Crippen molar-refractivity contribution in [3.05, 3.63) is 75.8 Å². The first-order chi connectivity index (χ1) is 13.2. The molecule has 1 aliphatic rings. The number of hydrogen-bond acceptors (Lipinski definition) is 6. The van der Waals surface area contributed by atoms with Gasteiger partial charge in [-0.1, -0.05) is 48.5 Å². The van der Waals surface area contributed by atoms with Gasteiger partial charge in [-0.05, 0) is 11.6 Å². The van der Waals surface area contributed by atoms with Gasteiger partial charge in [0.25, 0.3) is 5.09 Å². The summed E-state index contributed by atoms with van der Waals surface area (Å²) in [4.78, 5) is 16.2. The first-order valence-electron chi connectivity index (χ1n) is 8.75. The molecule has 1 aliphatic heterocycles. The standard InChI is InChI=1S/C20H23NO6/c1-24-18-11-7-6-10-15(18)20(25-2)17-13-26-12-16(17)19(27-21(22)23)14-8-4-3-5-9-14/h3-11,16-17,19-20H,12-13H2,1-2H3/t16-,17-,19-,20-/m1/s1. The second kappa shape index (κ2) is 8.83. The largest absolute Gasteiger partial charge is 0.496 e. The molecule has 2 aromatic carbocycles. The lowest BCUT2D eigenvalue weighted by molar-refractivity contribution is -0.773. The summed E-state index contributed by atoms with van der Waals surface area (Å²) in [6.07, 6.45) is -1.07. The predicted octanol–water partition coefficient (Wildman–Crippen LogP) is 3.59. The lowest BCUT2D eigenvalue weighted by Crippen LogP contribution is -2.30. The highest BCUT2D eigenvalue weighted by atomic mass is 17.0. The average molecular weight is 373 g/mol. The summed E-state index contributed by atoms with van der Waals surface area (Å²) in [5, 5.41) is 10.4. The number of hydrogen-bond donors (Lipinski definition) is 0. The van der Waals surface area contributed by atoms with E-state index < -0.39 is 11.2 Å². The molecule has 1 heterocycles. The molecule has 4 atom stereocenters. The van der Waals surface area contributed by atoms with E-state index in [9.17, 15) is 10.1 Å². The van der Waals surface area contributed by atoms with Gasteiger partial charge in [0, 0.05) is 24.5 Å². The van der Waals surface area contributed by atoms with Crippen LogP contribution in [0.2, 0.25) is 0 Å². The Morgan fingerprint density at radius 3 is 2.26 bits per heavy atom. The van der Waals surface area contributed by atoms with Crippen LogP contribution in [-0.2, 0) is 14.3 Å². The summed E-state index contributed by atoms with van der Waals surface area (Å²) in [6, 6.07) is 16.8. The molecule has 1 fully saturated rings. The van der Waals surface area contributed by atoms with Gasteiger partial charge in [0.05, 0.1) is 26.4 Å². The van der Waals surface area contributed by atoms with Crippen molar-refractivity contribution >= 4 is 0 Å². The molecule has 2 aromatic rings. The monoisotopic (exact) mass is 373 g/mol. The minimum absolute atomic E-state index is 0.128. The van der Waals surface area contributed by atoms with Gasteiger partial charge in [0.15, 0.2) is 0 Å². The first kappa shape index (κ1) is 19.1. The topological polar surface area (TPSA) is 80.1 Å². The third-order valence-electron chi connectivity index (χ3n) is 4.98. The summed E-state index contributed by atoms with van der Waals surface area (Å²) < 4.78 is 17.0. The molecule has 7 heteroatoms. The van der Waals surface area contributed by atoms with E-state index in [2.05, 4.69) is 0 Å². The van der Waals surface area contributed by atoms with E-state index in [1.807, 2.05) is 54.6 Å². The number of methoxy groups -OCH3 is 2. The predicted molar refractivity (Wildman–Crippen MR) is 97.8 cm³/mol. The molecular formula is C20H23NO6. The maximum absolute atomic E-state index is 11.1. The maximum Gasteiger partial charge on any atom is 0.295 e. The second-order valence-corrected chi connectivity index (χ2v) is 6.42. The summed E-state index contributed by atoms with van der Waals surface area (Å²) in [5.74, 6) is 0.338. The Labute approximate surface area is 157 Å². The zero-order chi connectivity index (χ0) is 19.2. The zero-order valence-corrected chi connectivity index (χ0v) is 15.3. The van der Waals surface area contributed by atoms with Crippen LogP contribution in [0.3, 0.4) is 0 Å². The summed E-state index contributed by atoms with van der Waals surface area (Å²) in [5.41, 5.74) is 1.63. The number of para-hydroxylation sites is 1. The Kier molecular flexibility index (Phi) is 6.26. The average Bonchev–Trinajstić information content (AvgIpc) is 3.17. The number of nitrogens with zero attached hydrogens (tertiary/aromatic N) is 1. The second-order valence-electron chi connectivity index (χ2n) is 6.42. The van der Waals surface area contributed by atoms with Crippen LogP contribution >= 0.6 is 0 Å². The molecule has 0 amide bonds. The van der Waals surface area contributed by atoms with Crippen LogP contribution in [0.25, 0.3) is 0 Å². The van der Waals surface area contributed by atoms with Crippen molar-refractivity contribution in [2.75, 3.05) is 27.4 Å². The molecule has 7 nitrogen and oxygen atoms in total. The number of benzene rings is 2. The fourth-order valence-electron chi connectivity index (χ4n) is 3.77. The lowest BCUT2D eigenvalue weighted by atomic mass is 9.81. The fraction of sp³-hybridized carbons (Fsp3) is 0.400. The van der Waals surface area contributed by atoms with Crippen LogP contribution in [-0.4, -0.2) is 32.5 Å². The summed E-state index contributed by atoms with van der Waals surface area (Å²) in [6.45, 7) is 0.776. The van der Waals surface area contributed by atoms with E-state index in [-0.39, 0.29) is 17.9 Å². The van der Waals surface area contributed by atoms with E-state index in [1.165, 1.54) is 0 Å². The highest BCUT2D eigenvalue weighted by Gasteiger charge is 2.43. The van der Waals surface area contributed by atoms with E-state index >= 15 is 0 Å². The van der Waals surface area contributed by atoms with Gasteiger partial charge >= 0.3 is 0 Å². The van der Waals surface area contributed by atoms with Gasteiger partial charge in [-0.3, -0.25) is 0 Å². The van der Waals surface area contributed by atoms with Crippen molar-refractivity contribution in [2.24, 2.45) is 11.8 Å². The highest BCUT2D eigenvalue weighted by Crippen LogP contribution is 2.44. The van der Waals surface area contributed by atoms with Gasteiger partial charge in [-0.15, -0.1) is 10.1 Å². The van der Waals surface area contributed by atoms with Gasteiger partial charge in [0.2, 0.25) is 0 Å².